The Kier molecular flexibility index (Phi) is 8.56. The molecule has 2 saturated carbocycles. The molecule has 1 aromatic heterocycles. The van der Waals surface area contributed by atoms with E-state index in [4.69, 9.17) is 9.72 Å². The van der Waals surface area contributed by atoms with Crippen molar-refractivity contribution in [3.05, 3.63) is 40.3 Å². The quantitative estimate of drug-likeness (QED) is 0.391. The highest BCUT2D eigenvalue weighted by atomic mass is 16.5. The maximum Gasteiger partial charge on any atom is 0.326 e. The summed E-state index contributed by atoms with van der Waals surface area (Å²) in [6, 6.07) is 10.4. The molecule has 224 valence electrons. The van der Waals surface area contributed by atoms with Gasteiger partial charge in [0.1, 0.15) is 11.2 Å². The van der Waals surface area contributed by atoms with Crippen LogP contribution in [-0.2, 0) is 9.53 Å². The number of nitrogens with zero attached hydrogens (tertiary/aromatic N) is 4. The first kappa shape index (κ1) is 28.9. The minimum Gasteiger partial charge on any atom is -0.465 e. The normalized spacial score (nSPS) is 31.7. The van der Waals surface area contributed by atoms with Crippen molar-refractivity contribution in [3.8, 4) is 0 Å². The summed E-state index contributed by atoms with van der Waals surface area (Å²) in [5.74, 6) is -0.0774. The van der Waals surface area contributed by atoms with Crippen LogP contribution in [0.5, 0.6) is 0 Å². The van der Waals surface area contributed by atoms with E-state index in [-0.39, 0.29) is 23.5 Å². The predicted molar refractivity (Wildman–Crippen MR) is 163 cm³/mol. The molecule has 6 rings (SSSR count). The second kappa shape index (κ2) is 12.2. The van der Waals surface area contributed by atoms with Gasteiger partial charge >= 0.3 is 5.97 Å². The fraction of sp³-hybridized carbons (Fsp3) is 0.735. The Morgan fingerprint density at radius 1 is 0.902 bits per heavy atom. The minimum absolute atomic E-state index is 0.0626. The third-order valence-electron chi connectivity index (χ3n) is 11.2. The smallest absolute Gasteiger partial charge is 0.326 e. The van der Waals surface area contributed by atoms with E-state index in [1.54, 1.807) is 0 Å². The van der Waals surface area contributed by atoms with Crippen molar-refractivity contribution in [1.29, 1.82) is 0 Å². The lowest BCUT2D eigenvalue weighted by molar-refractivity contribution is -0.158. The fourth-order valence-corrected chi connectivity index (χ4v) is 8.99. The molecular formula is C34H50N4O3. The summed E-state index contributed by atoms with van der Waals surface area (Å²) in [4.78, 5) is 37.3. The van der Waals surface area contributed by atoms with E-state index in [0.29, 0.717) is 37.2 Å². The SMILES string of the molecule is CCOC(=O)C1(N(C)C)CCC(c2nc3ccccc3n(C3C[C@H]4CC[C@@H](C3)N4C3CCCCCCC3)c2=O)CC1. The van der Waals surface area contributed by atoms with Crippen molar-refractivity contribution in [1.82, 2.24) is 19.4 Å². The highest BCUT2D eigenvalue weighted by molar-refractivity contribution is 5.81. The van der Waals surface area contributed by atoms with E-state index >= 15 is 0 Å². The van der Waals surface area contributed by atoms with Crippen LogP contribution in [0.4, 0.5) is 0 Å². The summed E-state index contributed by atoms with van der Waals surface area (Å²) in [5.41, 5.74) is 2.09. The van der Waals surface area contributed by atoms with Gasteiger partial charge in [-0.3, -0.25) is 19.4 Å². The van der Waals surface area contributed by atoms with Gasteiger partial charge in [-0.05, 0) is 97.4 Å². The third kappa shape index (κ3) is 5.37. The number of aromatic nitrogens is 2. The lowest BCUT2D eigenvalue weighted by atomic mass is 9.74. The zero-order valence-electron chi connectivity index (χ0n) is 25.5. The van der Waals surface area contributed by atoms with E-state index in [1.807, 2.05) is 38.1 Å². The van der Waals surface area contributed by atoms with Gasteiger partial charge in [0, 0.05) is 30.1 Å². The standard InChI is InChI=1S/C34H50N4O3/c1-4-41-33(40)34(36(2)3)20-18-24(19-21-34)31-32(39)38(30-15-11-10-14-29(30)35-31)28-22-26-16-17-27(23-28)37(26)25-12-8-6-5-7-9-13-25/h10-11,14-15,24-28H,4-9,12-13,16-23H2,1-3H3/t24?,26-,27+,28?,34?. The average molecular weight is 563 g/mol. The largest absolute Gasteiger partial charge is 0.465 e. The van der Waals surface area contributed by atoms with Crippen LogP contribution in [0.2, 0.25) is 0 Å². The van der Waals surface area contributed by atoms with Gasteiger partial charge in [-0.2, -0.15) is 0 Å². The maximum absolute atomic E-state index is 14.4. The predicted octanol–water partition coefficient (Wildman–Crippen LogP) is 6.20. The number of rotatable bonds is 6. The van der Waals surface area contributed by atoms with Crippen molar-refractivity contribution in [3.63, 3.8) is 0 Å². The molecule has 2 aromatic rings. The summed E-state index contributed by atoms with van der Waals surface area (Å²) >= 11 is 0. The van der Waals surface area contributed by atoms with E-state index < -0.39 is 5.54 Å². The number of likely N-dealkylation sites (N-methyl/N-ethyl adjacent to an activating group) is 1. The molecule has 4 aliphatic rings. The number of hydrogen-bond donors (Lipinski definition) is 0. The van der Waals surface area contributed by atoms with Gasteiger partial charge in [0.05, 0.1) is 17.6 Å². The van der Waals surface area contributed by atoms with E-state index in [9.17, 15) is 9.59 Å². The zero-order chi connectivity index (χ0) is 28.6. The number of benzene rings is 1. The number of ether oxygens (including phenoxy) is 1. The molecule has 0 amide bonds. The second-order valence-electron chi connectivity index (χ2n) is 13.5. The van der Waals surface area contributed by atoms with Crippen molar-refractivity contribution >= 4 is 17.0 Å². The van der Waals surface area contributed by atoms with Crippen molar-refractivity contribution in [2.45, 2.75) is 139 Å². The molecule has 3 atom stereocenters. The number of carbonyl (C=O) groups excluding carboxylic acids is 1. The second-order valence-corrected chi connectivity index (χ2v) is 13.5. The Hall–Kier alpha value is -2.25. The number of esters is 1. The van der Waals surface area contributed by atoms with Gasteiger partial charge in [-0.25, -0.2) is 4.98 Å². The summed E-state index contributed by atoms with van der Waals surface area (Å²) < 4.78 is 7.64. The van der Waals surface area contributed by atoms with Crippen LogP contribution in [0.3, 0.4) is 0 Å². The topological polar surface area (TPSA) is 67.7 Å². The van der Waals surface area contributed by atoms with Crippen LogP contribution in [0.15, 0.2) is 29.1 Å². The Labute approximate surface area is 245 Å². The van der Waals surface area contributed by atoms with Gasteiger partial charge in [-0.15, -0.1) is 0 Å². The monoisotopic (exact) mass is 562 g/mol. The summed E-state index contributed by atoms with van der Waals surface area (Å²) in [6.07, 6.45) is 17.2. The van der Waals surface area contributed by atoms with Gasteiger partial charge < -0.3 is 9.30 Å². The Bertz CT molecular complexity index is 1260. The molecule has 0 N–H and O–H groups in total. The number of piperidine rings is 1. The number of para-hydroxylation sites is 2. The first-order valence-corrected chi connectivity index (χ1v) is 16.6. The molecule has 1 aromatic carbocycles. The molecular weight excluding hydrogens is 512 g/mol. The summed E-state index contributed by atoms with van der Waals surface area (Å²) in [5, 5.41) is 0. The molecule has 2 aliphatic carbocycles. The first-order chi connectivity index (χ1) is 19.9. The highest BCUT2D eigenvalue weighted by Gasteiger charge is 2.47. The van der Waals surface area contributed by atoms with Gasteiger partial charge in [-0.1, -0.05) is 44.2 Å². The van der Waals surface area contributed by atoms with Crippen LogP contribution in [-0.4, -0.2) is 69.7 Å². The molecule has 7 heteroatoms. The van der Waals surface area contributed by atoms with E-state index in [2.05, 4.69) is 21.6 Å². The number of carbonyl (C=O) groups is 1. The van der Waals surface area contributed by atoms with Gasteiger partial charge in [0.2, 0.25) is 0 Å². The van der Waals surface area contributed by atoms with Crippen molar-refractivity contribution < 1.29 is 9.53 Å². The molecule has 2 aliphatic heterocycles. The van der Waals surface area contributed by atoms with E-state index in [1.165, 1.54) is 57.8 Å². The van der Waals surface area contributed by atoms with Crippen LogP contribution in [0.25, 0.3) is 11.0 Å². The van der Waals surface area contributed by atoms with Crippen LogP contribution >= 0.6 is 0 Å². The molecule has 2 saturated heterocycles. The molecule has 1 unspecified atom stereocenters. The maximum atomic E-state index is 14.4. The van der Waals surface area contributed by atoms with Crippen LogP contribution in [0.1, 0.15) is 121 Å². The number of fused-ring (bicyclic) bond motifs is 3. The molecule has 0 radical (unpaired) electrons. The molecule has 7 nitrogen and oxygen atoms in total. The molecule has 2 bridgehead atoms. The average Bonchev–Trinajstić information content (AvgIpc) is 3.21. The lowest BCUT2D eigenvalue weighted by Crippen LogP contribution is -2.54. The lowest BCUT2D eigenvalue weighted by Gasteiger charge is -2.45. The fourth-order valence-electron chi connectivity index (χ4n) is 8.99. The summed E-state index contributed by atoms with van der Waals surface area (Å²) in [6.45, 7) is 2.25. The van der Waals surface area contributed by atoms with Crippen LogP contribution < -0.4 is 5.56 Å². The molecule has 4 fully saturated rings. The third-order valence-corrected chi connectivity index (χ3v) is 11.2. The molecule has 41 heavy (non-hydrogen) atoms. The Morgan fingerprint density at radius 3 is 2.17 bits per heavy atom. The highest BCUT2D eigenvalue weighted by Crippen LogP contribution is 2.45. The molecule has 0 spiro atoms. The van der Waals surface area contributed by atoms with Crippen LogP contribution in [0, 0.1) is 0 Å². The summed E-state index contributed by atoms with van der Waals surface area (Å²) in [7, 11) is 3.94. The number of hydrogen-bond acceptors (Lipinski definition) is 6. The molecule has 3 heterocycles. The first-order valence-electron chi connectivity index (χ1n) is 16.6. The van der Waals surface area contributed by atoms with Crippen molar-refractivity contribution in [2.24, 2.45) is 0 Å². The Morgan fingerprint density at radius 2 is 1.54 bits per heavy atom. The van der Waals surface area contributed by atoms with E-state index in [0.717, 1.165) is 42.8 Å². The van der Waals surface area contributed by atoms with Gasteiger partial charge in [0.15, 0.2) is 0 Å². The van der Waals surface area contributed by atoms with Gasteiger partial charge in [0.25, 0.3) is 5.56 Å². The zero-order valence-corrected chi connectivity index (χ0v) is 25.5. The minimum atomic E-state index is -0.620. The van der Waals surface area contributed by atoms with Crippen molar-refractivity contribution in [2.75, 3.05) is 20.7 Å². The Balaban J connectivity index is 1.28.